The molecule has 1 amide bonds. The molecule has 0 aliphatic rings. The van der Waals surface area contributed by atoms with Crippen LogP contribution in [0.5, 0.6) is 0 Å². The first-order valence-corrected chi connectivity index (χ1v) is 25.4. The lowest BCUT2D eigenvalue weighted by Crippen LogP contribution is -2.45. The van der Waals surface area contributed by atoms with Crippen LogP contribution in [0.25, 0.3) is 0 Å². The van der Waals surface area contributed by atoms with Gasteiger partial charge in [-0.25, -0.2) is 0 Å². The summed E-state index contributed by atoms with van der Waals surface area (Å²) in [6.07, 6.45) is 66.8. The lowest BCUT2D eigenvalue weighted by molar-refractivity contribution is -0.123. The average Bonchev–Trinajstić information content (AvgIpc) is 3.22. The van der Waals surface area contributed by atoms with Crippen molar-refractivity contribution in [3.05, 3.63) is 48.6 Å². The standard InChI is InChI=1S/C53H99NO3/c1-3-5-7-9-11-13-15-17-19-21-22-23-24-25-26-27-28-29-30-31-33-35-37-39-41-43-45-47-49-53(57)54-51(50-55)52(56)48-46-44-42-40-38-36-34-32-20-18-16-14-12-10-8-6-4-2/h20,25-26,32,38,40,46,48,51-52,55-56H,3-19,21-24,27-31,33-37,39,41-45,47,49-50H2,1-2H3,(H,54,57)/b26-25-,32-20+,40-38+,48-46+. The fourth-order valence-corrected chi connectivity index (χ4v) is 7.62. The minimum absolute atomic E-state index is 0.0771. The van der Waals surface area contributed by atoms with Crippen LogP contribution in [0.4, 0.5) is 0 Å². The molecule has 4 heteroatoms. The number of amides is 1. The maximum Gasteiger partial charge on any atom is 0.220 e. The van der Waals surface area contributed by atoms with Crippen LogP contribution in [0.1, 0.15) is 264 Å². The topological polar surface area (TPSA) is 69.6 Å². The molecule has 0 radical (unpaired) electrons. The zero-order chi connectivity index (χ0) is 41.4. The van der Waals surface area contributed by atoms with Crippen LogP contribution in [-0.4, -0.2) is 34.9 Å². The van der Waals surface area contributed by atoms with Crippen molar-refractivity contribution >= 4 is 5.91 Å². The van der Waals surface area contributed by atoms with Gasteiger partial charge in [-0.2, -0.15) is 0 Å². The van der Waals surface area contributed by atoms with E-state index in [9.17, 15) is 15.0 Å². The second-order valence-corrected chi connectivity index (χ2v) is 17.2. The lowest BCUT2D eigenvalue weighted by atomic mass is 10.0. The summed E-state index contributed by atoms with van der Waals surface area (Å²) >= 11 is 0. The normalized spacial score (nSPS) is 13.3. The Bertz CT molecular complexity index is 908. The number of carbonyl (C=O) groups is 1. The lowest BCUT2D eigenvalue weighted by Gasteiger charge is -2.19. The third-order valence-corrected chi connectivity index (χ3v) is 11.5. The molecule has 0 bridgehead atoms. The molecule has 0 aliphatic heterocycles. The van der Waals surface area contributed by atoms with E-state index in [-0.39, 0.29) is 12.5 Å². The van der Waals surface area contributed by atoms with Crippen LogP contribution < -0.4 is 5.32 Å². The van der Waals surface area contributed by atoms with Crippen LogP contribution in [-0.2, 0) is 4.79 Å². The average molecular weight is 798 g/mol. The number of rotatable bonds is 46. The molecule has 0 heterocycles. The highest BCUT2D eigenvalue weighted by molar-refractivity contribution is 5.76. The van der Waals surface area contributed by atoms with Crippen LogP contribution in [0.2, 0.25) is 0 Å². The molecule has 0 saturated heterocycles. The Morgan fingerprint density at radius 3 is 1.02 bits per heavy atom. The zero-order valence-electron chi connectivity index (χ0n) is 38.4. The van der Waals surface area contributed by atoms with Crippen molar-refractivity contribution in [1.82, 2.24) is 5.32 Å². The van der Waals surface area contributed by atoms with Gasteiger partial charge < -0.3 is 15.5 Å². The van der Waals surface area contributed by atoms with Gasteiger partial charge in [0.1, 0.15) is 0 Å². The van der Waals surface area contributed by atoms with Gasteiger partial charge >= 0.3 is 0 Å². The Hall–Kier alpha value is -1.65. The maximum atomic E-state index is 12.4. The zero-order valence-corrected chi connectivity index (χ0v) is 38.4. The van der Waals surface area contributed by atoms with Gasteiger partial charge in [0.15, 0.2) is 0 Å². The molecule has 4 nitrogen and oxygen atoms in total. The summed E-state index contributed by atoms with van der Waals surface area (Å²) in [5.74, 6) is -0.0771. The van der Waals surface area contributed by atoms with Crippen molar-refractivity contribution in [2.45, 2.75) is 276 Å². The van der Waals surface area contributed by atoms with Gasteiger partial charge in [0.25, 0.3) is 0 Å². The number of hydrogen-bond donors (Lipinski definition) is 3. The molecule has 0 rings (SSSR count). The highest BCUT2D eigenvalue weighted by Gasteiger charge is 2.17. The summed E-state index contributed by atoms with van der Waals surface area (Å²) in [7, 11) is 0. The first-order chi connectivity index (χ1) is 28.2. The maximum absolute atomic E-state index is 12.4. The second kappa shape index (κ2) is 48.7. The molecule has 2 unspecified atom stereocenters. The summed E-state index contributed by atoms with van der Waals surface area (Å²) < 4.78 is 0. The number of hydrogen-bond acceptors (Lipinski definition) is 3. The molecule has 57 heavy (non-hydrogen) atoms. The molecular formula is C53H99NO3. The number of allylic oxidation sites excluding steroid dienone is 7. The van der Waals surface area contributed by atoms with E-state index in [1.165, 1.54) is 205 Å². The Labute approximate surface area is 356 Å². The van der Waals surface area contributed by atoms with Crippen LogP contribution in [0.3, 0.4) is 0 Å². The number of aliphatic hydroxyl groups excluding tert-OH is 2. The fourth-order valence-electron chi connectivity index (χ4n) is 7.62. The van der Waals surface area contributed by atoms with Crippen molar-refractivity contribution < 1.29 is 15.0 Å². The molecule has 3 N–H and O–H groups in total. The first kappa shape index (κ1) is 55.4. The minimum Gasteiger partial charge on any atom is -0.394 e. The fraction of sp³-hybridized carbons (Fsp3) is 0.830. The molecule has 2 atom stereocenters. The number of nitrogens with one attached hydrogen (secondary N) is 1. The number of aliphatic hydroxyl groups is 2. The molecule has 0 saturated carbocycles. The highest BCUT2D eigenvalue weighted by atomic mass is 16.3. The van der Waals surface area contributed by atoms with Gasteiger partial charge in [-0.3, -0.25) is 4.79 Å². The van der Waals surface area contributed by atoms with E-state index in [2.05, 4.69) is 55.6 Å². The second-order valence-electron chi connectivity index (χ2n) is 17.2. The van der Waals surface area contributed by atoms with Gasteiger partial charge in [-0.15, -0.1) is 0 Å². The van der Waals surface area contributed by atoms with E-state index < -0.39 is 12.1 Å². The Kier molecular flexibility index (Phi) is 47.3. The smallest absolute Gasteiger partial charge is 0.220 e. The molecular weight excluding hydrogens is 699 g/mol. The van der Waals surface area contributed by atoms with E-state index in [0.29, 0.717) is 6.42 Å². The van der Waals surface area contributed by atoms with Crippen molar-refractivity contribution in [1.29, 1.82) is 0 Å². The molecule has 0 spiro atoms. The minimum atomic E-state index is -0.870. The molecule has 0 aromatic rings. The molecule has 0 fully saturated rings. The SMILES string of the molecule is CCCCCCCCC/C=C/CC/C=C/CC/C=C/C(O)C(CO)NC(=O)CCCCCCCCCCCCCC/C=C\CCCCCCCCCCCCCC. The third-order valence-electron chi connectivity index (χ3n) is 11.5. The van der Waals surface area contributed by atoms with Crippen molar-refractivity contribution in [2.24, 2.45) is 0 Å². The molecule has 0 aromatic carbocycles. The summed E-state index contributed by atoms with van der Waals surface area (Å²) in [4.78, 5) is 12.4. The van der Waals surface area contributed by atoms with Crippen LogP contribution in [0, 0.1) is 0 Å². The van der Waals surface area contributed by atoms with Crippen molar-refractivity contribution in [3.8, 4) is 0 Å². The number of carbonyl (C=O) groups excluding carboxylic acids is 1. The van der Waals surface area contributed by atoms with E-state index in [4.69, 9.17) is 0 Å². The van der Waals surface area contributed by atoms with E-state index in [0.717, 1.165) is 38.5 Å². The third kappa shape index (κ3) is 45.3. The van der Waals surface area contributed by atoms with Crippen molar-refractivity contribution in [3.63, 3.8) is 0 Å². The van der Waals surface area contributed by atoms with Gasteiger partial charge in [-0.05, 0) is 70.6 Å². The summed E-state index contributed by atoms with van der Waals surface area (Å²) in [5, 5.41) is 23.0. The predicted molar refractivity (Wildman–Crippen MR) is 253 cm³/mol. The van der Waals surface area contributed by atoms with Crippen LogP contribution >= 0.6 is 0 Å². The molecule has 0 aliphatic carbocycles. The van der Waals surface area contributed by atoms with Gasteiger partial charge in [0.2, 0.25) is 5.91 Å². The molecule has 334 valence electrons. The van der Waals surface area contributed by atoms with E-state index in [1.807, 2.05) is 6.08 Å². The Morgan fingerprint density at radius 1 is 0.404 bits per heavy atom. The first-order valence-electron chi connectivity index (χ1n) is 25.4. The Morgan fingerprint density at radius 2 is 0.684 bits per heavy atom. The van der Waals surface area contributed by atoms with Gasteiger partial charge in [0, 0.05) is 6.42 Å². The highest BCUT2D eigenvalue weighted by Crippen LogP contribution is 2.15. The van der Waals surface area contributed by atoms with Crippen molar-refractivity contribution in [2.75, 3.05) is 6.61 Å². The largest absolute Gasteiger partial charge is 0.394 e. The monoisotopic (exact) mass is 798 g/mol. The van der Waals surface area contributed by atoms with Crippen LogP contribution in [0.15, 0.2) is 48.6 Å². The van der Waals surface area contributed by atoms with Gasteiger partial charge in [-0.1, -0.05) is 236 Å². The Balaban J connectivity index is 3.54. The summed E-state index contributed by atoms with van der Waals surface area (Å²) in [5.41, 5.74) is 0. The van der Waals surface area contributed by atoms with E-state index in [1.54, 1.807) is 6.08 Å². The number of unbranched alkanes of at least 4 members (excludes halogenated alkanes) is 33. The molecule has 0 aromatic heterocycles. The predicted octanol–water partition coefficient (Wildman–Crippen LogP) is 16.3. The van der Waals surface area contributed by atoms with Gasteiger partial charge in [0.05, 0.1) is 18.8 Å². The quantitative estimate of drug-likeness (QED) is 0.0424. The van der Waals surface area contributed by atoms with E-state index >= 15 is 0 Å². The summed E-state index contributed by atoms with van der Waals surface area (Å²) in [6.45, 7) is 4.30. The summed E-state index contributed by atoms with van der Waals surface area (Å²) in [6, 6.07) is -0.646.